The van der Waals surface area contributed by atoms with Crippen molar-refractivity contribution in [2.45, 2.75) is 53.5 Å². The second-order valence-electron chi connectivity index (χ2n) is 11.7. The van der Waals surface area contributed by atoms with Gasteiger partial charge in [-0.15, -0.1) is 0 Å². The molecule has 0 heterocycles. The molecule has 3 amide bonds. The van der Waals surface area contributed by atoms with Crippen molar-refractivity contribution in [3.63, 3.8) is 0 Å². The normalized spacial score (nSPS) is 12.0. The molecule has 2 aromatic rings. The first-order valence-corrected chi connectivity index (χ1v) is 13.1. The number of hydrogen-bond donors (Lipinski definition) is 6. The van der Waals surface area contributed by atoms with Gasteiger partial charge in [0.05, 0.1) is 25.3 Å². The lowest BCUT2D eigenvalue weighted by molar-refractivity contribution is -0.139. The molecule has 0 aliphatic carbocycles. The van der Waals surface area contributed by atoms with E-state index in [1.54, 1.807) is 36.4 Å². The quantitative estimate of drug-likeness (QED) is 0.156. The lowest BCUT2D eigenvalue weighted by Crippen LogP contribution is -2.48. The predicted octanol–water partition coefficient (Wildman–Crippen LogP) is 2.76. The monoisotopic (exact) mass is 568 g/mol. The smallest absolute Gasteiger partial charge is 0.305 e. The third-order valence-electron chi connectivity index (χ3n) is 5.57. The summed E-state index contributed by atoms with van der Waals surface area (Å²) in [6, 6.07) is 11.4. The van der Waals surface area contributed by atoms with Crippen LogP contribution in [0.2, 0.25) is 0 Å². The number of nitrogens with zero attached hydrogens (tertiary/aromatic N) is 1. The van der Waals surface area contributed by atoms with E-state index in [4.69, 9.17) is 16.2 Å². The number of amides is 3. The molecule has 0 unspecified atom stereocenters. The van der Waals surface area contributed by atoms with Crippen molar-refractivity contribution < 1.29 is 29.0 Å². The number of nitrogens with one attached hydrogen (secondary N) is 3. The Bertz CT molecular complexity index is 1260. The number of carbonyl (C=O) groups is 4. The van der Waals surface area contributed by atoms with E-state index >= 15 is 0 Å². The van der Waals surface area contributed by atoms with Crippen LogP contribution < -0.4 is 32.2 Å². The number of ether oxygens (including phenoxy) is 1. The second-order valence-corrected chi connectivity index (χ2v) is 11.7. The minimum absolute atomic E-state index is 0.0372. The number of aliphatic imine (C=N–C) groups is 1. The van der Waals surface area contributed by atoms with Crippen LogP contribution in [0.5, 0.6) is 5.75 Å². The molecule has 0 bridgehead atoms. The second kappa shape index (κ2) is 14.1. The molecule has 0 saturated heterocycles. The first-order chi connectivity index (χ1) is 19.0. The molecule has 0 aliphatic heterocycles. The average molecular weight is 569 g/mol. The molecule has 2 aromatic carbocycles. The number of aliphatic carboxylic acids is 1. The fourth-order valence-corrected chi connectivity index (χ4v) is 4.39. The number of benzene rings is 2. The zero-order valence-electron chi connectivity index (χ0n) is 24.1. The van der Waals surface area contributed by atoms with Crippen LogP contribution in [0.3, 0.4) is 0 Å². The highest BCUT2D eigenvalue weighted by atomic mass is 16.5. The van der Waals surface area contributed by atoms with Crippen molar-refractivity contribution in [2.75, 3.05) is 18.5 Å². The number of rotatable bonds is 13. The Hall–Kier alpha value is -4.61. The number of carboxylic acids is 1. The van der Waals surface area contributed by atoms with E-state index in [-0.39, 0.29) is 22.4 Å². The number of hydrogen-bond acceptors (Lipinski definition) is 6. The summed E-state index contributed by atoms with van der Waals surface area (Å²) in [4.78, 5) is 52.9. The molecule has 0 aliphatic rings. The summed E-state index contributed by atoms with van der Waals surface area (Å²) in [5, 5.41) is 16.6. The minimum Gasteiger partial charge on any atom is -0.493 e. The molecule has 12 heteroatoms. The van der Waals surface area contributed by atoms with Crippen LogP contribution >= 0.6 is 0 Å². The van der Waals surface area contributed by atoms with Gasteiger partial charge in [0.1, 0.15) is 11.8 Å². The van der Waals surface area contributed by atoms with Gasteiger partial charge in [0.2, 0.25) is 11.8 Å². The van der Waals surface area contributed by atoms with E-state index in [9.17, 15) is 24.3 Å². The van der Waals surface area contributed by atoms with Gasteiger partial charge in [-0.1, -0.05) is 40.7 Å². The van der Waals surface area contributed by atoms with E-state index in [0.29, 0.717) is 23.7 Å². The number of nitrogens with two attached hydrogens (primary N) is 2. The molecule has 0 fully saturated rings. The first-order valence-electron chi connectivity index (χ1n) is 13.1. The van der Waals surface area contributed by atoms with Crippen molar-refractivity contribution in [3.8, 4) is 5.75 Å². The van der Waals surface area contributed by atoms with Gasteiger partial charge in [-0.05, 0) is 59.7 Å². The summed E-state index contributed by atoms with van der Waals surface area (Å²) in [6.07, 6.45) is 0.317. The highest BCUT2D eigenvalue weighted by molar-refractivity contribution is 6.00. The van der Waals surface area contributed by atoms with E-state index in [1.807, 2.05) is 0 Å². The number of carboxylic acid groups (broad SMARTS) is 1. The largest absolute Gasteiger partial charge is 0.493 e. The first kappa shape index (κ1) is 32.6. The third kappa shape index (κ3) is 12.4. The Kier molecular flexibility index (Phi) is 11.3. The molecule has 0 aromatic heterocycles. The maximum atomic E-state index is 12.8. The Labute approximate surface area is 239 Å². The summed E-state index contributed by atoms with van der Waals surface area (Å²) in [6.45, 7) is 10.8. The van der Waals surface area contributed by atoms with E-state index < -0.39 is 42.7 Å². The fourth-order valence-electron chi connectivity index (χ4n) is 4.39. The molecule has 8 N–H and O–H groups in total. The van der Waals surface area contributed by atoms with Crippen molar-refractivity contribution in [2.24, 2.45) is 27.3 Å². The van der Waals surface area contributed by atoms with Gasteiger partial charge >= 0.3 is 5.97 Å². The zero-order valence-corrected chi connectivity index (χ0v) is 24.1. The average Bonchev–Trinajstić information content (AvgIpc) is 2.84. The van der Waals surface area contributed by atoms with Gasteiger partial charge in [-0.3, -0.25) is 19.2 Å². The Balaban J connectivity index is 1.95. The van der Waals surface area contributed by atoms with E-state index in [2.05, 4.69) is 55.6 Å². The molecule has 0 radical (unpaired) electrons. The molecule has 0 spiro atoms. The Morgan fingerprint density at radius 2 is 1.66 bits per heavy atom. The summed E-state index contributed by atoms with van der Waals surface area (Å²) >= 11 is 0. The Morgan fingerprint density at radius 3 is 2.24 bits per heavy atom. The van der Waals surface area contributed by atoms with Gasteiger partial charge in [-0.25, -0.2) is 4.99 Å². The van der Waals surface area contributed by atoms with Crippen molar-refractivity contribution in [1.82, 2.24) is 10.6 Å². The fraction of sp³-hybridized carbons (Fsp3) is 0.414. The van der Waals surface area contributed by atoms with Crippen LogP contribution in [-0.4, -0.2) is 54.0 Å². The number of carbonyl (C=O) groups excluding carboxylic acids is 3. The molecule has 222 valence electrons. The molecular formula is C29H40N6O6. The zero-order chi connectivity index (χ0) is 30.8. The predicted molar refractivity (Wildman–Crippen MR) is 157 cm³/mol. The van der Waals surface area contributed by atoms with Crippen LogP contribution in [-0.2, 0) is 14.4 Å². The summed E-state index contributed by atoms with van der Waals surface area (Å²) in [7, 11) is 0. The van der Waals surface area contributed by atoms with Crippen molar-refractivity contribution >= 4 is 41.0 Å². The van der Waals surface area contributed by atoms with Crippen LogP contribution in [0.25, 0.3) is 0 Å². The van der Waals surface area contributed by atoms with Crippen LogP contribution in [0.4, 0.5) is 11.4 Å². The number of guanidine groups is 1. The lowest BCUT2D eigenvalue weighted by atomic mass is 9.77. The molecule has 12 nitrogen and oxygen atoms in total. The maximum absolute atomic E-state index is 12.8. The van der Waals surface area contributed by atoms with Crippen molar-refractivity contribution in [1.29, 1.82) is 0 Å². The summed E-state index contributed by atoms with van der Waals surface area (Å²) in [5.41, 5.74) is 11.8. The van der Waals surface area contributed by atoms with Crippen LogP contribution in [0.1, 0.15) is 57.8 Å². The number of anilines is 1. The standard InChI is InChI=1S/C29H40N6O6/c1-28(2,3)16-29(4,5)17-41-21-11-9-19(10-12-21)33-26(40)22(14-24(37)38)35-23(36)15-32-25(39)18-7-6-8-20(13-18)34-27(30)31/h6-13,22H,14-17H2,1-5H3,(H,32,39)(H,33,40)(H,35,36)(H,37,38)(H4,30,31,34)/t22-/m0/s1. The maximum Gasteiger partial charge on any atom is 0.305 e. The summed E-state index contributed by atoms with van der Waals surface area (Å²) in [5.74, 6) is -2.90. The van der Waals surface area contributed by atoms with Gasteiger partial charge in [0.25, 0.3) is 5.91 Å². The summed E-state index contributed by atoms with van der Waals surface area (Å²) < 4.78 is 5.93. The van der Waals surface area contributed by atoms with Gasteiger partial charge in [-0.2, -0.15) is 0 Å². The van der Waals surface area contributed by atoms with Crippen molar-refractivity contribution in [3.05, 3.63) is 54.1 Å². The third-order valence-corrected chi connectivity index (χ3v) is 5.57. The van der Waals surface area contributed by atoms with E-state index in [1.165, 1.54) is 12.1 Å². The van der Waals surface area contributed by atoms with Gasteiger partial charge < -0.3 is 37.3 Å². The Morgan fingerprint density at radius 1 is 1.00 bits per heavy atom. The highest BCUT2D eigenvalue weighted by Gasteiger charge is 2.27. The molecule has 2 rings (SSSR count). The van der Waals surface area contributed by atoms with Crippen LogP contribution in [0, 0.1) is 10.8 Å². The topological polar surface area (TPSA) is 198 Å². The van der Waals surface area contributed by atoms with E-state index in [0.717, 1.165) is 6.42 Å². The lowest BCUT2D eigenvalue weighted by Gasteiger charge is -2.32. The van der Waals surface area contributed by atoms with Gasteiger partial charge in [0, 0.05) is 11.3 Å². The molecule has 0 saturated carbocycles. The minimum atomic E-state index is -1.38. The molecular weight excluding hydrogens is 528 g/mol. The SMILES string of the molecule is CC(C)(C)CC(C)(C)COc1ccc(NC(=O)[C@H](CC(=O)O)NC(=O)CNC(=O)c2cccc(N=C(N)N)c2)cc1. The highest BCUT2D eigenvalue weighted by Crippen LogP contribution is 2.33. The van der Waals surface area contributed by atoms with Gasteiger partial charge in [0.15, 0.2) is 5.96 Å². The van der Waals surface area contributed by atoms with Crippen LogP contribution in [0.15, 0.2) is 53.5 Å². The molecule has 41 heavy (non-hydrogen) atoms. The molecule has 1 atom stereocenters.